The van der Waals surface area contributed by atoms with Gasteiger partial charge in [-0.3, -0.25) is 4.79 Å². The second-order valence-corrected chi connectivity index (χ2v) is 9.32. The van der Waals surface area contributed by atoms with Crippen molar-refractivity contribution in [3.63, 3.8) is 0 Å². The molecule has 25 heavy (non-hydrogen) atoms. The van der Waals surface area contributed by atoms with Gasteiger partial charge < -0.3 is 4.57 Å². The molecule has 4 heteroatoms. The van der Waals surface area contributed by atoms with Gasteiger partial charge in [0.15, 0.2) is 4.80 Å². The van der Waals surface area contributed by atoms with Crippen molar-refractivity contribution in [3.8, 4) is 0 Å². The number of hydrogen-bond acceptors (Lipinski definition) is 2. The number of aromatic nitrogens is 1. The molecule has 3 rings (SSSR count). The van der Waals surface area contributed by atoms with E-state index < -0.39 is 0 Å². The predicted molar refractivity (Wildman–Crippen MR) is 104 cm³/mol. The van der Waals surface area contributed by atoms with Crippen LogP contribution in [-0.2, 0) is 12.0 Å². The maximum Gasteiger partial charge on any atom is 0.279 e. The van der Waals surface area contributed by atoms with E-state index in [2.05, 4.69) is 37.3 Å². The molecule has 1 aliphatic carbocycles. The molecule has 0 radical (unpaired) electrons. The van der Waals surface area contributed by atoms with Crippen molar-refractivity contribution in [1.29, 1.82) is 0 Å². The Morgan fingerprint density at radius 3 is 2.48 bits per heavy atom. The number of thiazole rings is 1. The van der Waals surface area contributed by atoms with Gasteiger partial charge in [-0.2, -0.15) is 4.99 Å². The molecular formula is C21H28N2OS. The SMILES string of the molecule is Cc1ccc(C(=O)N=c2sc(C(C)(C)C)c(C)n2CC2CC2)c(C)c1. The van der Waals surface area contributed by atoms with Crippen LogP contribution in [0.2, 0.25) is 0 Å². The zero-order valence-electron chi connectivity index (χ0n) is 16.1. The first kappa shape index (κ1) is 18.1. The molecule has 134 valence electrons. The van der Waals surface area contributed by atoms with Crippen molar-refractivity contribution in [2.24, 2.45) is 10.9 Å². The third-order valence-electron chi connectivity index (χ3n) is 4.79. The van der Waals surface area contributed by atoms with Crippen molar-refractivity contribution in [2.75, 3.05) is 0 Å². The lowest BCUT2D eigenvalue weighted by Gasteiger charge is -2.17. The predicted octanol–water partition coefficient (Wildman–Crippen LogP) is 4.92. The van der Waals surface area contributed by atoms with Crippen LogP contribution >= 0.6 is 11.3 Å². The van der Waals surface area contributed by atoms with Gasteiger partial charge in [-0.15, -0.1) is 11.3 Å². The summed E-state index contributed by atoms with van der Waals surface area (Å²) in [6.45, 7) is 13.8. The third-order valence-corrected chi connectivity index (χ3v) is 6.39. The monoisotopic (exact) mass is 356 g/mol. The van der Waals surface area contributed by atoms with Crippen LogP contribution < -0.4 is 4.80 Å². The van der Waals surface area contributed by atoms with Crippen molar-refractivity contribution in [2.45, 2.75) is 66.3 Å². The summed E-state index contributed by atoms with van der Waals surface area (Å²) in [6, 6.07) is 5.92. The number of nitrogens with zero attached hydrogens (tertiary/aromatic N) is 2. The minimum atomic E-state index is -0.135. The Kier molecular flexibility index (Phi) is 4.76. The molecule has 1 heterocycles. The van der Waals surface area contributed by atoms with Gasteiger partial charge in [-0.05, 0) is 56.6 Å². The summed E-state index contributed by atoms with van der Waals surface area (Å²) in [5.41, 5.74) is 4.19. The Bertz CT molecular complexity index is 876. The Morgan fingerprint density at radius 2 is 1.92 bits per heavy atom. The normalized spacial score (nSPS) is 15.7. The van der Waals surface area contributed by atoms with E-state index >= 15 is 0 Å². The van der Waals surface area contributed by atoms with E-state index in [0.29, 0.717) is 5.56 Å². The Morgan fingerprint density at radius 1 is 1.24 bits per heavy atom. The second-order valence-electron chi connectivity index (χ2n) is 8.34. The van der Waals surface area contributed by atoms with Crippen LogP contribution in [0.25, 0.3) is 0 Å². The molecule has 2 aromatic rings. The summed E-state index contributed by atoms with van der Waals surface area (Å²) >= 11 is 1.67. The number of carbonyl (C=O) groups is 1. The molecule has 0 unspecified atom stereocenters. The van der Waals surface area contributed by atoms with Crippen molar-refractivity contribution >= 4 is 17.2 Å². The Hall–Kier alpha value is -1.68. The van der Waals surface area contributed by atoms with E-state index in [1.54, 1.807) is 11.3 Å². The lowest BCUT2D eigenvalue weighted by atomic mass is 9.93. The molecule has 0 saturated heterocycles. The molecule has 1 amide bonds. The van der Waals surface area contributed by atoms with Crippen LogP contribution in [0, 0.1) is 26.7 Å². The summed E-state index contributed by atoms with van der Waals surface area (Å²) in [7, 11) is 0. The molecule has 1 aromatic carbocycles. The molecule has 0 N–H and O–H groups in total. The third kappa shape index (κ3) is 3.95. The number of rotatable bonds is 3. The van der Waals surface area contributed by atoms with Crippen LogP contribution in [-0.4, -0.2) is 10.5 Å². The van der Waals surface area contributed by atoms with Crippen LogP contribution in [0.5, 0.6) is 0 Å². The van der Waals surface area contributed by atoms with Gasteiger partial charge >= 0.3 is 0 Å². The average molecular weight is 357 g/mol. The molecule has 1 aromatic heterocycles. The smallest absolute Gasteiger partial charge is 0.279 e. The highest BCUT2D eigenvalue weighted by atomic mass is 32.1. The van der Waals surface area contributed by atoms with Crippen LogP contribution in [0.15, 0.2) is 23.2 Å². The van der Waals surface area contributed by atoms with E-state index in [9.17, 15) is 4.79 Å². The number of hydrogen-bond donors (Lipinski definition) is 0. The molecule has 0 atom stereocenters. The topological polar surface area (TPSA) is 34.4 Å². The first-order chi connectivity index (χ1) is 11.7. The zero-order chi connectivity index (χ0) is 18.4. The van der Waals surface area contributed by atoms with Crippen LogP contribution in [0.4, 0.5) is 0 Å². The highest BCUT2D eigenvalue weighted by Crippen LogP contribution is 2.33. The number of aryl methyl sites for hydroxylation is 2. The van der Waals surface area contributed by atoms with Gasteiger partial charge in [0.2, 0.25) is 0 Å². The molecular weight excluding hydrogens is 328 g/mol. The number of amides is 1. The highest BCUT2D eigenvalue weighted by Gasteiger charge is 2.27. The number of benzene rings is 1. The number of carbonyl (C=O) groups excluding carboxylic acids is 1. The van der Waals surface area contributed by atoms with Gasteiger partial charge in [0.1, 0.15) is 0 Å². The molecule has 1 fully saturated rings. The summed E-state index contributed by atoms with van der Waals surface area (Å²) < 4.78 is 2.27. The molecule has 0 bridgehead atoms. The average Bonchev–Trinajstić information content (AvgIpc) is 3.25. The van der Waals surface area contributed by atoms with Gasteiger partial charge in [0, 0.05) is 22.7 Å². The first-order valence-corrected chi connectivity index (χ1v) is 9.85. The summed E-state index contributed by atoms with van der Waals surface area (Å²) in [5, 5.41) is 0. The van der Waals surface area contributed by atoms with Gasteiger partial charge in [0.25, 0.3) is 5.91 Å². The fourth-order valence-corrected chi connectivity index (χ4v) is 4.44. The van der Waals surface area contributed by atoms with E-state index in [4.69, 9.17) is 0 Å². The molecule has 1 saturated carbocycles. The Balaban J connectivity index is 2.07. The maximum atomic E-state index is 12.8. The molecule has 0 spiro atoms. The lowest BCUT2D eigenvalue weighted by Crippen LogP contribution is -2.20. The van der Waals surface area contributed by atoms with E-state index in [1.165, 1.54) is 29.0 Å². The van der Waals surface area contributed by atoms with Gasteiger partial charge in [0.05, 0.1) is 0 Å². The summed E-state index contributed by atoms with van der Waals surface area (Å²) in [5.74, 6) is 0.611. The fourth-order valence-electron chi connectivity index (χ4n) is 3.24. The van der Waals surface area contributed by atoms with Gasteiger partial charge in [-0.1, -0.05) is 38.5 Å². The van der Waals surface area contributed by atoms with Crippen molar-refractivity contribution < 1.29 is 4.79 Å². The molecule has 3 nitrogen and oxygen atoms in total. The van der Waals surface area contributed by atoms with Crippen molar-refractivity contribution in [1.82, 2.24) is 4.57 Å². The Labute approximate surface area is 154 Å². The summed E-state index contributed by atoms with van der Waals surface area (Å²) in [6.07, 6.45) is 2.58. The fraction of sp³-hybridized carbons (Fsp3) is 0.524. The standard InChI is InChI=1S/C21H28N2OS/c1-13-7-10-17(14(2)11-13)19(24)22-20-23(12-16-8-9-16)15(3)18(25-20)21(4,5)6/h7,10-11,16H,8-9,12H2,1-6H3. The van der Waals surface area contributed by atoms with E-state index in [-0.39, 0.29) is 11.3 Å². The van der Waals surface area contributed by atoms with Crippen molar-refractivity contribution in [3.05, 3.63) is 50.3 Å². The molecule has 1 aliphatic rings. The minimum absolute atomic E-state index is 0.0661. The largest absolute Gasteiger partial charge is 0.320 e. The lowest BCUT2D eigenvalue weighted by molar-refractivity contribution is 0.0997. The highest BCUT2D eigenvalue weighted by molar-refractivity contribution is 7.09. The quantitative estimate of drug-likeness (QED) is 0.768. The van der Waals surface area contributed by atoms with E-state index in [0.717, 1.165) is 22.8 Å². The van der Waals surface area contributed by atoms with Gasteiger partial charge in [-0.25, -0.2) is 0 Å². The minimum Gasteiger partial charge on any atom is -0.320 e. The van der Waals surface area contributed by atoms with Crippen LogP contribution in [0.3, 0.4) is 0 Å². The summed E-state index contributed by atoms with van der Waals surface area (Å²) in [4.78, 5) is 19.5. The van der Waals surface area contributed by atoms with Crippen LogP contribution in [0.1, 0.15) is 65.7 Å². The maximum absolute atomic E-state index is 12.8. The zero-order valence-corrected chi connectivity index (χ0v) is 17.0. The first-order valence-electron chi connectivity index (χ1n) is 9.04. The second kappa shape index (κ2) is 6.56. The molecule has 0 aliphatic heterocycles. The van der Waals surface area contributed by atoms with E-state index in [1.807, 2.05) is 32.0 Å².